The third-order valence-corrected chi connectivity index (χ3v) is 3.75. The summed E-state index contributed by atoms with van der Waals surface area (Å²) in [6.45, 7) is 1.95. The Labute approximate surface area is 152 Å². The van der Waals surface area contributed by atoms with E-state index in [0.29, 0.717) is 22.5 Å². The van der Waals surface area contributed by atoms with E-state index in [1.807, 2.05) is 6.92 Å². The molecular weight excluding hydrogens is 359 g/mol. The minimum Gasteiger partial charge on any atom is -0.405 e. The second kappa shape index (κ2) is 7.43. The Balaban J connectivity index is 2.00. The van der Waals surface area contributed by atoms with Gasteiger partial charge in [0.15, 0.2) is 0 Å². The summed E-state index contributed by atoms with van der Waals surface area (Å²) in [4.78, 5) is 2.71. The highest BCUT2D eigenvalue weighted by molar-refractivity contribution is 5.72. The average molecular weight is 373 g/mol. The molecule has 0 aliphatic carbocycles. The third-order valence-electron chi connectivity index (χ3n) is 3.75. The van der Waals surface area contributed by atoms with Crippen molar-refractivity contribution in [1.82, 2.24) is 9.78 Å². The highest BCUT2D eigenvalue weighted by atomic mass is 19.4. The van der Waals surface area contributed by atoms with Crippen molar-refractivity contribution in [2.24, 2.45) is 5.11 Å². The highest BCUT2D eigenvalue weighted by Crippen LogP contribution is 2.34. The van der Waals surface area contributed by atoms with Crippen molar-refractivity contribution >= 4 is 0 Å². The average Bonchev–Trinajstić information content (AvgIpc) is 3.00. The fourth-order valence-corrected chi connectivity index (χ4v) is 2.71. The number of benzene rings is 2. The molecular formula is C18H14F3N5O. The summed E-state index contributed by atoms with van der Waals surface area (Å²) >= 11 is 0. The number of hydrogen-bond donors (Lipinski definition) is 0. The fraction of sp³-hybridized carbons (Fsp3) is 0.167. The lowest BCUT2D eigenvalue weighted by molar-refractivity contribution is -0.274. The molecule has 9 heteroatoms. The number of aryl methyl sites for hydroxylation is 1. The maximum absolute atomic E-state index is 12.7. The van der Waals surface area contributed by atoms with E-state index in [1.165, 1.54) is 12.1 Å². The van der Waals surface area contributed by atoms with Crippen LogP contribution in [0.1, 0.15) is 11.4 Å². The van der Waals surface area contributed by atoms with Gasteiger partial charge in [-0.3, -0.25) is 0 Å². The predicted octanol–water partition coefficient (Wildman–Crippen LogP) is 5.56. The molecule has 1 heterocycles. The van der Waals surface area contributed by atoms with Crippen LogP contribution in [0.25, 0.3) is 27.3 Å². The van der Waals surface area contributed by atoms with E-state index in [-0.39, 0.29) is 12.3 Å². The van der Waals surface area contributed by atoms with Gasteiger partial charge in [-0.15, -0.1) is 13.2 Å². The maximum Gasteiger partial charge on any atom is 0.573 e. The van der Waals surface area contributed by atoms with Crippen molar-refractivity contribution in [1.29, 1.82) is 0 Å². The summed E-state index contributed by atoms with van der Waals surface area (Å²) in [5.74, 6) is -0.275. The Morgan fingerprint density at radius 1 is 1.15 bits per heavy atom. The Morgan fingerprint density at radius 2 is 1.93 bits per heavy atom. The van der Waals surface area contributed by atoms with E-state index in [4.69, 9.17) is 5.53 Å². The number of ether oxygens (including phenoxy) is 1. The molecule has 0 fully saturated rings. The molecule has 6 nitrogen and oxygen atoms in total. The Bertz CT molecular complexity index is 1010. The predicted molar refractivity (Wildman–Crippen MR) is 93.3 cm³/mol. The maximum atomic E-state index is 12.7. The van der Waals surface area contributed by atoms with Crippen LogP contribution < -0.4 is 4.74 Å². The van der Waals surface area contributed by atoms with Crippen molar-refractivity contribution < 1.29 is 17.9 Å². The van der Waals surface area contributed by atoms with E-state index in [1.54, 1.807) is 47.1 Å². The molecule has 0 saturated carbocycles. The van der Waals surface area contributed by atoms with Crippen LogP contribution in [-0.2, 0) is 6.54 Å². The van der Waals surface area contributed by atoms with Crippen LogP contribution in [0.2, 0.25) is 0 Å². The van der Waals surface area contributed by atoms with E-state index in [9.17, 15) is 13.2 Å². The number of halogens is 3. The van der Waals surface area contributed by atoms with Gasteiger partial charge < -0.3 is 4.74 Å². The van der Waals surface area contributed by atoms with Gasteiger partial charge in [0.25, 0.3) is 0 Å². The van der Waals surface area contributed by atoms with Crippen LogP contribution in [0.15, 0.2) is 59.7 Å². The number of para-hydroxylation sites is 1. The topological polar surface area (TPSA) is 75.8 Å². The molecule has 0 saturated heterocycles. The number of azide groups is 1. The van der Waals surface area contributed by atoms with Gasteiger partial charge in [0.05, 0.1) is 17.9 Å². The van der Waals surface area contributed by atoms with E-state index >= 15 is 0 Å². The molecule has 0 radical (unpaired) electrons. The third kappa shape index (κ3) is 4.39. The summed E-state index contributed by atoms with van der Waals surface area (Å²) < 4.78 is 43.8. The summed E-state index contributed by atoms with van der Waals surface area (Å²) in [7, 11) is 0. The lowest BCUT2D eigenvalue weighted by Crippen LogP contribution is -2.17. The van der Waals surface area contributed by atoms with Crippen LogP contribution in [0.4, 0.5) is 13.2 Å². The van der Waals surface area contributed by atoms with Crippen molar-refractivity contribution in [3.8, 4) is 22.6 Å². The second-order valence-corrected chi connectivity index (χ2v) is 5.67. The smallest absolute Gasteiger partial charge is 0.405 e. The first kappa shape index (κ1) is 18.3. The second-order valence-electron chi connectivity index (χ2n) is 5.67. The molecule has 0 N–H and O–H groups in total. The first-order valence-electron chi connectivity index (χ1n) is 7.89. The zero-order valence-corrected chi connectivity index (χ0v) is 14.2. The van der Waals surface area contributed by atoms with Crippen LogP contribution in [0.3, 0.4) is 0 Å². The van der Waals surface area contributed by atoms with E-state index in [0.717, 1.165) is 5.69 Å². The molecule has 0 aliphatic rings. The monoisotopic (exact) mass is 373 g/mol. The molecule has 138 valence electrons. The molecule has 1 aromatic heterocycles. The molecule has 0 unspecified atom stereocenters. The molecule has 2 aromatic carbocycles. The lowest BCUT2D eigenvalue weighted by Gasteiger charge is -2.14. The summed E-state index contributed by atoms with van der Waals surface area (Å²) in [5, 5.41) is 7.86. The minimum absolute atomic E-state index is 0.117. The molecule has 3 aromatic rings. The molecule has 0 amide bonds. The van der Waals surface area contributed by atoms with Crippen molar-refractivity contribution in [2.75, 3.05) is 0 Å². The number of hydrogen-bond acceptors (Lipinski definition) is 3. The fourth-order valence-electron chi connectivity index (χ4n) is 2.71. The van der Waals surface area contributed by atoms with Gasteiger partial charge in [0.1, 0.15) is 5.75 Å². The summed E-state index contributed by atoms with van der Waals surface area (Å²) in [6, 6.07) is 14.7. The SMILES string of the molecule is Cc1cc(CN=[N+]=[N-])nn1-c1cccc(-c2ccccc2OC(F)(F)F)c1. The van der Waals surface area contributed by atoms with Crippen LogP contribution in [0, 0.1) is 6.92 Å². The van der Waals surface area contributed by atoms with E-state index < -0.39 is 6.36 Å². The zero-order chi connectivity index (χ0) is 19.4. The number of alkyl halides is 3. The number of nitrogens with zero attached hydrogens (tertiary/aromatic N) is 5. The van der Waals surface area contributed by atoms with Gasteiger partial charge in [-0.25, -0.2) is 4.68 Å². The molecule has 27 heavy (non-hydrogen) atoms. The zero-order valence-electron chi connectivity index (χ0n) is 14.2. The number of rotatable bonds is 5. The summed E-state index contributed by atoms with van der Waals surface area (Å²) in [6.07, 6.45) is -4.78. The Morgan fingerprint density at radius 3 is 2.67 bits per heavy atom. The molecule has 3 rings (SSSR count). The Hall–Kier alpha value is -3.45. The molecule has 0 aliphatic heterocycles. The lowest BCUT2D eigenvalue weighted by atomic mass is 10.0. The van der Waals surface area contributed by atoms with Gasteiger partial charge in [-0.2, -0.15) is 5.10 Å². The van der Waals surface area contributed by atoms with Crippen molar-refractivity contribution in [3.63, 3.8) is 0 Å². The first-order valence-corrected chi connectivity index (χ1v) is 7.89. The van der Waals surface area contributed by atoms with Crippen molar-refractivity contribution in [3.05, 3.63) is 76.4 Å². The largest absolute Gasteiger partial charge is 0.573 e. The first-order chi connectivity index (χ1) is 12.9. The van der Waals surface area contributed by atoms with Crippen LogP contribution >= 0.6 is 0 Å². The van der Waals surface area contributed by atoms with Gasteiger partial charge >= 0.3 is 6.36 Å². The van der Waals surface area contributed by atoms with E-state index in [2.05, 4.69) is 19.9 Å². The minimum atomic E-state index is -4.78. The molecule has 0 atom stereocenters. The van der Waals surface area contributed by atoms with Crippen LogP contribution in [-0.4, -0.2) is 16.1 Å². The van der Waals surface area contributed by atoms with Crippen LogP contribution in [0.5, 0.6) is 5.75 Å². The molecule has 0 bridgehead atoms. The number of aromatic nitrogens is 2. The normalized spacial score (nSPS) is 11.1. The molecule has 0 spiro atoms. The van der Waals surface area contributed by atoms with Gasteiger partial charge in [0, 0.05) is 16.2 Å². The van der Waals surface area contributed by atoms with Crippen molar-refractivity contribution in [2.45, 2.75) is 19.8 Å². The Kier molecular flexibility index (Phi) is 5.05. The highest BCUT2D eigenvalue weighted by Gasteiger charge is 2.32. The quantitative estimate of drug-likeness (QED) is 0.334. The van der Waals surface area contributed by atoms with Gasteiger partial charge in [-0.1, -0.05) is 35.4 Å². The van der Waals surface area contributed by atoms with Gasteiger partial charge in [-0.05, 0) is 42.3 Å². The van der Waals surface area contributed by atoms with Gasteiger partial charge in [0.2, 0.25) is 0 Å². The summed E-state index contributed by atoms with van der Waals surface area (Å²) in [5.41, 5.74) is 11.4. The standard InChI is InChI=1S/C18H14F3N5O/c1-12-9-14(11-23-25-22)24-26(12)15-6-4-5-13(10-15)16-7-2-3-8-17(16)27-18(19,20)21/h2-10H,11H2,1H3.